The molecular weight excluding hydrogens is 404 g/mol. The van der Waals surface area contributed by atoms with Crippen molar-refractivity contribution < 1.29 is 27.2 Å². The first-order valence-corrected chi connectivity index (χ1v) is 8.92. The Labute approximate surface area is 167 Å². The highest BCUT2D eigenvalue weighted by Gasteiger charge is 2.28. The van der Waals surface area contributed by atoms with E-state index in [2.05, 4.69) is 10.4 Å². The second-order valence-electron chi connectivity index (χ2n) is 6.77. The van der Waals surface area contributed by atoms with Crippen molar-refractivity contribution in [2.45, 2.75) is 19.3 Å². The molecule has 4 rings (SSSR count). The SMILES string of the molecule is NC(=O)c1cc(NC(=O)c2nn(-c3ccc(F)c(F)c3)c3c2CCC3)c(F)cc1F. The average molecular weight is 418 g/mol. The molecule has 1 aromatic heterocycles. The fourth-order valence-electron chi connectivity index (χ4n) is 3.47. The van der Waals surface area contributed by atoms with E-state index in [1.54, 1.807) is 0 Å². The highest BCUT2D eigenvalue weighted by atomic mass is 19.2. The van der Waals surface area contributed by atoms with Crippen LogP contribution in [0.4, 0.5) is 23.2 Å². The van der Waals surface area contributed by atoms with Gasteiger partial charge in [0.25, 0.3) is 11.8 Å². The van der Waals surface area contributed by atoms with Crippen LogP contribution in [0.3, 0.4) is 0 Å². The van der Waals surface area contributed by atoms with Gasteiger partial charge in [0, 0.05) is 23.4 Å². The molecule has 1 aliphatic rings. The van der Waals surface area contributed by atoms with Gasteiger partial charge in [0.2, 0.25) is 0 Å². The molecule has 1 heterocycles. The third kappa shape index (κ3) is 3.30. The van der Waals surface area contributed by atoms with Gasteiger partial charge in [-0.25, -0.2) is 22.2 Å². The van der Waals surface area contributed by atoms with Gasteiger partial charge in [0.05, 0.1) is 16.9 Å². The van der Waals surface area contributed by atoms with Crippen LogP contribution in [-0.4, -0.2) is 21.6 Å². The number of amides is 2. The number of nitrogens with one attached hydrogen (secondary N) is 1. The molecule has 0 unspecified atom stereocenters. The summed E-state index contributed by atoms with van der Waals surface area (Å²) < 4.78 is 56.0. The number of fused-ring (bicyclic) bond motifs is 1. The Bertz CT molecular complexity index is 1210. The van der Waals surface area contributed by atoms with Crippen molar-refractivity contribution >= 4 is 17.5 Å². The van der Waals surface area contributed by atoms with Crippen LogP contribution in [0, 0.1) is 23.3 Å². The van der Waals surface area contributed by atoms with Gasteiger partial charge in [-0.3, -0.25) is 9.59 Å². The molecule has 6 nitrogen and oxygen atoms in total. The number of carbonyl (C=O) groups is 2. The maximum absolute atomic E-state index is 14.1. The summed E-state index contributed by atoms with van der Waals surface area (Å²) in [4.78, 5) is 24.0. The highest BCUT2D eigenvalue weighted by Crippen LogP contribution is 2.29. The topological polar surface area (TPSA) is 90.0 Å². The van der Waals surface area contributed by atoms with Gasteiger partial charge in [-0.1, -0.05) is 0 Å². The van der Waals surface area contributed by atoms with Crippen LogP contribution >= 0.6 is 0 Å². The van der Waals surface area contributed by atoms with Crippen LogP contribution in [0.15, 0.2) is 30.3 Å². The number of halogens is 4. The van der Waals surface area contributed by atoms with Crippen molar-refractivity contribution in [3.63, 3.8) is 0 Å². The lowest BCUT2D eigenvalue weighted by Crippen LogP contribution is -2.18. The smallest absolute Gasteiger partial charge is 0.276 e. The number of benzene rings is 2. The number of rotatable bonds is 4. The first-order valence-electron chi connectivity index (χ1n) is 8.92. The number of anilines is 1. The molecule has 3 N–H and O–H groups in total. The Kier molecular flexibility index (Phi) is 4.76. The zero-order valence-electron chi connectivity index (χ0n) is 15.3. The van der Waals surface area contributed by atoms with E-state index in [1.165, 1.54) is 10.7 Å². The average Bonchev–Trinajstić information content (AvgIpc) is 3.28. The van der Waals surface area contributed by atoms with Crippen molar-refractivity contribution in [3.05, 3.63) is 76.1 Å². The summed E-state index contributed by atoms with van der Waals surface area (Å²) in [6.45, 7) is 0. The molecule has 0 atom stereocenters. The van der Waals surface area contributed by atoms with Crippen LogP contribution in [0.1, 0.15) is 38.5 Å². The van der Waals surface area contributed by atoms with E-state index in [1.807, 2.05) is 0 Å². The molecule has 0 saturated heterocycles. The number of aromatic nitrogens is 2. The van der Waals surface area contributed by atoms with Gasteiger partial charge in [-0.15, -0.1) is 0 Å². The number of hydrogen-bond acceptors (Lipinski definition) is 3. The van der Waals surface area contributed by atoms with E-state index in [9.17, 15) is 27.2 Å². The molecule has 154 valence electrons. The van der Waals surface area contributed by atoms with Gasteiger partial charge in [0.15, 0.2) is 17.3 Å². The molecule has 1 aliphatic carbocycles. The summed E-state index contributed by atoms with van der Waals surface area (Å²) in [5.74, 6) is -6.24. The van der Waals surface area contributed by atoms with E-state index < -0.39 is 46.3 Å². The summed E-state index contributed by atoms with van der Waals surface area (Å²) in [7, 11) is 0. The number of carbonyl (C=O) groups excluding carboxylic acids is 2. The molecule has 3 aromatic rings. The normalized spacial score (nSPS) is 12.7. The van der Waals surface area contributed by atoms with Gasteiger partial charge in [0.1, 0.15) is 11.6 Å². The van der Waals surface area contributed by atoms with Gasteiger partial charge in [-0.2, -0.15) is 5.10 Å². The van der Waals surface area contributed by atoms with Gasteiger partial charge < -0.3 is 11.1 Å². The maximum Gasteiger partial charge on any atom is 0.276 e. The quantitative estimate of drug-likeness (QED) is 0.638. The van der Waals surface area contributed by atoms with Crippen LogP contribution in [-0.2, 0) is 12.8 Å². The van der Waals surface area contributed by atoms with Crippen LogP contribution in [0.2, 0.25) is 0 Å². The second-order valence-corrected chi connectivity index (χ2v) is 6.77. The molecule has 10 heteroatoms. The molecule has 0 aliphatic heterocycles. The third-order valence-electron chi connectivity index (χ3n) is 4.86. The van der Waals surface area contributed by atoms with E-state index in [0.29, 0.717) is 36.6 Å². The highest BCUT2D eigenvalue weighted by molar-refractivity contribution is 6.05. The van der Waals surface area contributed by atoms with E-state index in [-0.39, 0.29) is 11.4 Å². The molecule has 2 aromatic carbocycles. The number of nitrogens with zero attached hydrogens (tertiary/aromatic N) is 2. The molecule has 0 saturated carbocycles. The number of nitrogens with two attached hydrogens (primary N) is 1. The Morgan fingerprint density at radius 1 is 0.967 bits per heavy atom. The molecular formula is C20H14F4N4O2. The number of hydrogen-bond donors (Lipinski definition) is 2. The predicted molar refractivity (Wildman–Crippen MR) is 98.3 cm³/mol. The summed E-state index contributed by atoms with van der Waals surface area (Å²) in [5, 5.41) is 6.47. The first kappa shape index (κ1) is 19.6. The minimum Gasteiger partial charge on any atom is -0.366 e. The molecule has 0 bridgehead atoms. The largest absolute Gasteiger partial charge is 0.366 e. The minimum atomic E-state index is -1.15. The fraction of sp³-hybridized carbons (Fsp3) is 0.150. The van der Waals surface area contributed by atoms with Gasteiger partial charge >= 0.3 is 0 Å². The lowest BCUT2D eigenvalue weighted by atomic mass is 10.1. The van der Waals surface area contributed by atoms with Crippen LogP contribution in [0.5, 0.6) is 0 Å². The molecule has 0 fully saturated rings. The standard InChI is InChI=1S/C20H14F4N4O2/c21-12-5-4-9(6-14(12)23)28-17-3-1-2-10(17)18(27-28)20(30)26-16-7-11(19(25)29)13(22)8-15(16)24/h4-8H,1-3H2,(H2,25,29)(H,26,30). The molecule has 2 amide bonds. The van der Waals surface area contributed by atoms with Crippen molar-refractivity contribution in [2.75, 3.05) is 5.32 Å². The zero-order chi connectivity index (χ0) is 21.6. The lowest BCUT2D eigenvalue weighted by molar-refractivity contribution is 0.0991. The van der Waals surface area contributed by atoms with E-state index in [4.69, 9.17) is 5.73 Å². The van der Waals surface area contributed by atoms with Crippen LogP contribution in [0.25, 0.3) is 5.69 Å². The van der Waals surface area contributed by atoms with E-state index >= 15 is 0 Å². The summed E-state index contributed by atoms with van der Waals surface area (Å²) >= 11 is 0. The Morgan fingerprint density at radius 2 is 1.73 bits per heavy atom. The lowest BCUT2D eigenvalue weighted by Gasteiger charge is -2.08. The van der Waals surface area contributed by atoms with Gasteiger partial charge in [-0.05, 0) is 37.5 Å². The monoisotopic (exact) mass is 418 g/mol. The summed E-state index contributed by atoms with van der Waals surface area (Å²) in [6, 6.07) is 4.48. The fourth-order valence-corrected chi connectivity index (χ4v) is 3.47. The molecule has 0 radical (unpaired) electrons. The first-order chi connectivity index (χ1) is 14.3. The van der Waals surface area contributed by atoms with Crippen molar-refractivity contribution in [1.82, 2.24) is 9.78 Å². The third-order valence-corrected chi connectivity index (χ3v) is 4.86. The summed E-state index contributed by atoms with van der Waals surface area (Å²) in [5.41, 5.74) is 5.48. The second kappa shape index (κ2) is 7.29. The Balaban J connectivity index is 1.72. The van der Waals surface area contributed by atoms with Crippen LogP contribution < -0.4 is 11.1 Å². The molecule has 30 heavy (non-hydrogen) atoms. The van der Waals surface area contributed by atoms with Crippen molar-refractivity contribution in [3.8, 4) is 5.69 Å². The van der Waals surface area contributed by atoms with Crippen molar-refractivity contribution in [2.24, 2.45) is 5.73 Å². The summed E-state index contributed by atoms with van der Waals surface area (Å²) in [6.07, 6.45) is 1.79. The molecule has 0 spiro atoms. The van der Waals surface area contributed by atoms with Crippen molar-refractivity contribution in [1.29, 1.82) is 0 Å². The predicted octanol–water partition coefficient (Wildman–Crippen LogP) is 3.27. The number of primary amides is 1. The minimum absolute atomic E-state index is 0.0309. The Morgan fingerprint density at radius 3 is 2.43 bits per heavy atom. The maximum atomic E-state index is 14.1. The van der Waals surface area contributed by atoms with E-state index in [0.717, 1.165) is 18.2 Å². The Hall–Kier alpha value is -3.69. The zero-order valence-corrected chi connectivity index (χ0v) is 15.3.